The molecule has 1 rings (SSSR count). The average molecular weight is 251 g/mol. The second kappa shape index (κ2) is 5.95. The molecule has 1 atom stereocenters. The van der Waals surface area contributed by atoms with Crippen molar-refractivity contribution in [2.75, 3.05) is 5.32 Å². The van der Waals surface area contributed by atoms with E-state index in [1.807, 2.05) is 6.07 Å². The molecule has 0 bridgehead atoms. The molecule has 90 valence electrons. The molecule has 5 nitrogen and oxygen atoms in total. The number of nitrogens with two attached hydrogens (primary N) is 1. The molecule has 0 saturated carbocycles. The van der Waals surface area contributed by atoms with Crippen LogP contribution in [0.5, 0.6) is 0 Å². The highest BCUT2D eigenvalue weighted by Crippen LogP contribution is 2.05. The van der Waals surface area contributed by atoms with Crippen LogP contribution in [0.3, 0.4) is 0 Å². The molecule has 0 spiro atoms. The van der Waals surface area contributed by atoms with Gasteiger partial charge in [0, 0.05) is 12.6 Å². The largest absolute Gasteiger partial charge is 0.391 e. The van der Waals surface area contributed by atoms with E-state index >= 15 is 0 Å². The van der Waals surface area contributed by atoms with Crippen molar-refractivity contribution < 1.29 is 9.59 Å². The standard InChI is InChI=1S/C11H13N3O2S/c1-7(15)13-9(10(12)17)11(16)14-8-5-3-2-4-6-8/h2-6,9H,1H3,(H2,12,17)(H,13,15)(H,14,16). The molecule has 0 aliphatic carbocycles. The lowest BCUT2D eigenvalue weighted by Crippen LogP contribution is -2.50. The minimum Gasteiger partial charge on any atom is -0.391 e. The van der Waals surface area contributed by atoms with E-state index < -0.39 is 11.9 Å². The van der Waals surface area contributed by atoms with Crippen molar-refractivity contribution in [1.82, 2.24) is 5.32 Å². The Morgan fingerprint density at radius 3 is 2.35 bits per heavy atom. The Morgan fingerprint density at radius 1 is 1.29 bits per heavy atom. The quantitative estimate of drug-likeness (QED) is 0.677. The summed E-state index contributed by atoms with van der Waals surface area (Å²) in [6, 6.07) is 7.84. The van der Waals surface area contributed by atoms with Gasteiger partial charge < -0.3 is 16.4 Å². The van der Waals surface area contributed by atoms with Crippen LogP contribution in [0.15, 0.2) is 30.3 Å². The molecule has 0 radical (unpaired) electrons. The van der Waals surface area contributed by atoms with Crippen LogP contribution in [0.25, 0.3) is 0 Å². The Bertz CT molecular complexity index is 434. The lowest BCUT2D eigenvalue weighted by atomic mass is 10.2. The molecule has 6 heteroatoms. The zero-order valence-corrected chi connectivity index (χ0v) is 10.1. The lowest BCUT2D eigenvalue weighted by Gasteiger charge is -2.15. The molecular formula is C11H13N3O2S. The van der Waals surface area contributed by atoms with Crippen LogP contribution in [-0.2, 0) is 9.59 Å². The summed E-state index contributed by atoms with van der Waals surface area (Å²) in [5, 5.41) is 4.99. The molecule has 0 heterocycles. The van der Waals surface area contributed by atoms with E-state index in [1.54, 1.807) is 24.3 Å². The van der Waals surface area contributed by atoms with Gasteiger partial charge in [0.25, 0.3) is 5.91 Å². The highest BCUT2D eigenvalue weighted by molar-refractivity contribution is 7.80. The third-order valence-corrected chi connectivity index (χ3v) is 2.17. The number of hydrogen-bond donors (Lipinski definition) is 3. The summed E-state index contributed by atoms with van der Waals surface area (Å²) in [7, 11) is 0. The molecule has 1 aromatic rings. The molecule has 0 aliphatic heterocycles. The van der Waals surface area contributed by atoms with Gasteiger partial charge in [-0.25, -0.2) is 0 Å². The summed E-state index contributed by atoms with van der Waals surface area (Å²) in [5.41, 5.74) is 6.01. The van der Waals surface area contributed by atoms with Crippen molar-refractivity contribution in [1.29, 1.82) is 0 Å². The van der Waals surface area contributed by atoms with Gasteiger partial charge in [-0.15, -0.1) is 0 Å². The number of nitrogens with one attached hydrogen (secondary N) is 2. The molecule has 2 amide bonds. The number of hydrogen-bond acceptors (Lipinski definition) is 3. The van der Waals surface area contributed by atoms with Gasteiger partial charge in [0.2, 0.25) is 5.91 Å². The fourth-order valence-corrected chi connectivity index (χ4v) is 1.37. The highest BCUT2D eigenvalue weighted by Gasteiger charge is 2.22. The molecule has 0 aliphatic rings. The van der Waals surface area contributed by atoms with E-state index in [2.05, 4.69) is 10.6 Å². The molecule has 1 aromatic carbocycles. The van der Waals surface area contributed by atoms with Gasteiger partial charge in [0.1, 0.15) is 4.99 Å². The number of carbonyl (C=O) groups excluding carboxylic acids is 2. The second-order valence-corrected chi connectivity index (χ2v) is 3.86. The molecule has 4 N–H and O–H groups in total. The Labute approximate surface area is 104 Å². The van der Waals surface area contributed by atoms with Gasteiger partial charge in [0.15, 0.2) is 6.04 Å². The SMILES string of the molecule is CC(=O)NC(C(=O)Nc1ccccc1)C(N)=S. The maximum atomic E-state index is 11.8. The molecule has 1 unspecified atom stereocenters. The molecule has 0 saturated heterocycles. The first-order chi connectivity index (χ1) is 8.00. The molecule has 17 heavy (non-hydrogen) atoms. The van der Waals surface area contributed by atoms with Crippen LogP contribution in [-0.4, -0.2) is 22.8 Å². The fourth-order valence-electron chi connectivity index (χ4n) is 1.21. The monoisotopic (exact) mass is 251 g/mol. The van der Waals surface area contributed by atoms with Crippen LogP contribution in [0.4, 0.5) is 5.69 Å². The van der Waals surface area contributed by atoms with Crippen molar-refractivity contribution >= 4 is 34.7 Å². The predicted octanol–water partition coefficient (Wildman–Crippen LogP) is 0.416. The third-order valence-electron chi connectivity index (χ3n) is 1.94. The summed E-state index contributed by atoms with van der Waals surface area (Å²) in [5.74, 6) is -0.829. The van der Waals surface area contributed by atoms with Crippen molar-refractivity contribution in [3.63, 3.8) is 0 Å². The van der Waals surface area contributed by atoms with Gasteiger partial charge in [0.05, 0.1) is 0 Å². The van der Waals surface area contributed by atoms with E-state index in [1.165, 1.54) is 6.92 Å². The fraction of sp³-hybridized carbons (Fsp3) is 0.182. The topological polar surface area (TPSA) is 84.2 Å². The van der Waals surface area contributed by atoms with Crippen molar-refractivity contribution in [3.8, 4) is 0 Å². The van der Waals surface area contributed by atoms with Crippen LogP contribution in [0.2, 0.25) is 0 Å². The van der Waals surface area contributed by atoms with Gasteiger partial charge in [-0.2, -0.15) is 0 Å². The van der Waals surface area contributed by atoms with Crippen LogP contribution < -0.4 is 16.4 Å². The lowest BCUT2D eigenvalue weighted by molar-refractivity contribution is -0.123. The van der Waals surface area contributed by atoms with E-state index in [9.17, 15) is 9.59 Å². The minimum atomic E-state index is -0.997. The van der Waals surface area contributed by atoms with E-state index in [4.69, 9.17) is 18.0 Å². The van der Waals surface area contributed by atoms with Crippen molar-refractivity contribution in [2.24, 2.45) is 5.73 Å². The smallest absolute Gasteiger partial charge is 0.254 e. The zero-order valence-electron chi connectivity index (χ0n) is 9.27. The maximum absolute atomic E-state index is 11.8. The number of benzene rings is 1. The van der Waals surface area contributed by atoms with Crippen molar-refractivity contribution in [3.05, 3.63) is 30.3 Å². The van der Waals surface area contributed by atoms with Crippen LogP contribution in [0, 0.1) is 0 Å². The molecule has 0 aromatic heterocycles. The Balaban J connectivity index is 2.72. The van der Waals surface area contributed by atoms with Gasteiger partial charge in [-0.05, 0) is 12.1 Å². The van der Waals surface area contributed by atoms with E-state index in [0.717, 1.165) is 0 Å². The normalized spacial score (nSPS) is 11.4. The Hall–Kier alpha value is -1.95. The number of carbonyl (C=O) groups is 2. The third kappa shape index (κ3) is 4.20. The molecular weight excluding hydrogens is 238 g/mol. The van der Waals surface area contributed by atoms with Crippen LogP contribution >= 0.6 is 12.2 Å². The first-order valence-corrected chi connectivity index (χ1v) is 5.34. The maximum Gasteiger partial charge on any atom is 0.254 e. The number of para-hydroxylation sites is 1. The summed E-state index contributed by atoms with van der Waals surface area (Å²) in [4.78, 5) is 22.6. The highest BCUT2D eigenvalue weighted by atomic mass is 32.1. The first-order valence-electron chi connectivity index (χ1n) is 4.93. The summed E-state index contributed by atoms with van der Waals surface area (Å²) in [6.45, 7) is 1.29. The first kappa shape index (κ1) is 13.1. The molecule has 0 fully saturated rings. The van der Waals surface area contributed by atoms with E-state index in [-0.39, 0.29) is 10.9 Å². The summed E-state index contributed by atoms with van der Waals surface area (Å²) >= 11 is 4.73. The predicted molar refractivity (Wildman–Crippen MR) is 69.5 cm³/mol. The number of rotatable bonds is 4. The van der Waals surface area contributed by atoms with Gasteiger partial charge in [-0.3, -0.25) is 9.59 Å². The Kier molecular flexibility index (Phi) is 4.59. The average Bonchev–Trinajstić information content (AvgIpc) is 2.26. The van der Waals surface area contributed by atoms with E-state index in [0.29, 0.717) is 5.69 Å². The number of anilines is 1. The second-order valence-electron chi connectivity index (χ2n) is 3.39. The summed E-state index contributed by atoms with van der Waals surface area (Å²) in [6.07, 6.45) is 0. The summed E-state index contributed by atoms with van der Waals surface area (Å²) < 4.78 is 0. The Morgan fingerprint density at radius 2 is 1.88 bits per heavy atom. The zero-order chi connectivity index (χ0) is 12.8. The minimum absolute atomic E-state index is 0.0753. The number of thiocarbonyl (C=S) groups is 1. The van der Waals surface area contributed by atoms with Crippen molar-refractivity contribution in [2.45, 2.75) is 13.0 Å². The van der Waals surface area contributed by atoms with Crippen LogP contribution in [0.1, 0.15) is 6.92 Å². The van der Waals surface area contributed by atoms with Gasteiger partial charge in [-0.1, -0.05) is 30.4 Å². The van der Waals surface area contributed by atoms with Gasteiger partial charge >= 0.3 is 0 Å². The number of amides is 2.